The lowest BCUT2D eigenvalue weighted by Gasteiger charge is -2.36. The molecule has 1 aliphatic heterocycles. The van der Waals surface area contributed by atoms with Gasteiger partial charge in [0.25, 0.3) is 5.69 Å². The molecule has 0 spiro atoms. The molecule has 1 fully saturated rings. The summed E-state index contributed by atoms with van der Waals surface area (Å²) in [6, 6.07) is 10.1. The molecule has 0 bridgehead atoms. The molecule has 1 saturated heterocycles. The summed E-state index contributed by atoms with van der Waals surface area (Å²) in [5.41, 5.74) is 0.352. The van der Waals surface area contributed by atoms with Crippen LogP contribution in [0.3, 0.4) is 0 Å². The van der Waals surface area contributed by atoms with Gasteiger partial charge in [-0.05, 0) is 36.4 Å². The van der Waals surface area contributed by atoms with Crippen LogP contribution in [0.4, 0.5) is 35.0 Å². The Hall–Kier alpha value is -3.30. The molecule has 2 amide bonds. The average molecular weight is 394 g/mol. The van der Waals surface area contributed by atoms with Gasteiger partial charge in [0.2, 0.25) is 0 Å². The van der Waals surface area contributed by atoms with Gasteiger partial charge >= 0.3 is 12.2 Å². The number of alkyl halides is 3. The number of carbonyl (C=O) groups is 1. The van der Waals surface area contributed by atoms with E-state index >= 15 is 0 Å². The van der Waals surface area contributed by atoms with Gasteiger partial charge in [-0.2, -0.15) is 13.2 Å². The Bertz CT molecular complexity index is 846. The Morgan fingerprint density at radius 3 is 2.04 bits per heavy atom. The minimum absolute atomic E-state index is 0.0123. The highest BCUT2D eigenvalue weighted by atomic mass is 19.4. The van der Waals surface area contributed by atoms with Crippen LogP contribution in [-0.4, -0.2) is 42.0 Å². The van der Waals surface area contributed by atoms with Crippen LogP contribution < -0.4 is 10.2 Å². The van der Waals surface area contributed by atoms with Crippen molar-refractivity contribution in [1.82, 2.24) is 4.90 Å². The zero-order valence-electron chi connectivity index (χ0n) is 14.6. The lowest BCUT2D eigenvalue weighted by atomic mass is 10.2. The second kappa shape index (κ2) is 7.75. The van der Waals surface area contributed by atoms with Crippen molar-refractivity contribution in [2.75, 3.05) is 36.4 Å². The second-order valence-corrected chi connectivity index (χ2v) is 6.25. The van der Waals surface area contributed by atoms with E-state index in [9.17, 15) is 28.1 Å². The number of carbonyl (C=O) groups excluding carboxylic acids is 1. The lowest BCUT2D eigenvalue weighted by Crippen LogP contribution is -2.50. The molecule has 0 atom stereocenters. The average Bonchev–Trinajstić information content (AvgIpc) is 2.68. The van der Waals surface area contributed by atoms with E-state index in [-0.39, 0.29) is 17.4 Å². The minimum atomic E-state index is -4.42. The maximum atomic E-state index is 12.6. The molecule has 0 unspecified atom stereocenters. The first-order chi connectivity index (χ1) is 13.2. The largest absolute Gasteiger partial charge is 0.416 e. The van der Waals surface area contributed by atoms with Crippen LogP contribution in [0, 0.1) is 10.1 Å². The van der Waals surface area contributed by atoms with Gasteiger partial charge in [0.1, 0.15) is 0 Å². The summed E-state index contributed by atoms with van der Waals surface area (Å²) in [7, 11) is 0. The Morgan fingerprint density at radius 1 is 0.964 bits per heavy atom. The fourth-order valence-electron chi connectivity index (χ4n) is 2.90. The number of nitrogens with zero attached hydrogens (tertiary/aromatic N) is 3. The second-order valence-electron chi connectivity index (χ2n) is 6.25. The van der Waals surface area contributed by atoms with Crippen molar-refractivity contribution in [3.63, 3.8) is 0 Å². The van der Waals surface area contributed by atoms with Crippen molar-refractivity contribution in [2.24, 2.45) is 0 Å². The number of amides is 2. The number of halogens is 3. The Balaban J connectivity index is 1.54. The van der Waals surface area contributed by atoms with Crippen LogP contribution in [0.5, 0.6) is 0 Å². The van der Waals surface area contributed by atoms with E-state index in [0.717, 1.165) is 17.8 Å². The highest BCUT2D eigenvalue weighted by molar-refractivity contribution is 5.89. The quantitative estimate of drug-likeness (QED) is 0.631. The number of nitro benzene ring substituents is 1. The fourth-order valence-corrected chi connectivity index (χ4v) is 2.90. The number of hydrogen-bond acceptors (Lipinski definition) is 4. The summed E-state index contributed by atoms with van der Waals surface area (Å²) < 4.78 is 37.7. The smallest absolute Gasteiger partial charge is 0.368 e. The van der Waals surface area contributed by atoms with Gasteiger partial charge in [-0.15, -0.1) is 0 Å². The summed E-state index contributed by atoms with van der Waals surface area (Å²) >= 11 is 0. The van der Waals surface area contributed by atoms with Crippen molar-refractivity contribution >= 4 is 23.1 Å². The summed E-state index contributed by atoms with van der Waals surface area (Å²) in [4.78, 5) is 26.1. The number of piperazine rings is 1. The van der Waals surface area contributed by atoms with Gasteiger partial charge in [0, 0.05) is 49.7 Å². The van der Waals surface area contributed by atoms with E-state index in [0.29, 0.717) is 26.2 Å². The molecule has 0 radical (unpaired) electrons. The number of rotatable bonds is 3. The molecule has 0 saturated carbocycles. The molecule has 0 aliphatic carbocycles. The maximum Gasteiger partial charge on any atom is 0.416 e. The van der Waals surface area contributed by atoms with Crippen LogP contribution >= 0.6 is 0 Å². The van der Waals surface area contributed by atoms with E-state index in [2.05, 4.69) is 5.32 Å². The van der Waals surface area contributed by atoms with Gasteiger partial charge in [0.15, 0.2) is 0 Å². The number of urea groups is 1. The van der Waals surface area contributed by atoms with Crippen LogP contribution in [-0.2, 0) is 6.18 Å². The van der Waals surface area contributed by atoms with E-state index in [1.54, 1.807) is 17.0 Å². The number of nitrogens with one attached hydrogen (secondary N) is 1. The number of hydrogen-bond donors (Lipinski definition) is 1. The standard InChI is InChI=1S/C18H17F3N4O3/c19-18(20,21)13-1-3-14(4-2-13)22-17(26)24-11-9-23(10-12-24)15-5-7-16(8-6-15)25(27)28/h1-8H,9-12H2,(H,22,26). The molecule has 1 aliphatic rings. The molecule has 1 N–H and O–H groups in total. The first-order valence-corrected chi connectivity index (χ1v) is 8.46. The van der Waals surface area contributed by atoms with E-state index in [1.807, 2.05) is 4.90 Å². The first-order valence-electron chi connectivity index (χ1n) is 8.46. The first kappa shape index (κ1) is 19.5. The predicted molar refractivity (Wildman–Crippen MR) is 97.3 cm³/mol. The third-order valence-electron chi connectivity index (χ3n) is 4.46. The topological polar surface area (TPSA) is 78.7 Å². The third-order valence-corrected chi connectivity index (χ3v) is 4.46. The fraction of sp³-hybridized carbons (Fsp3) is 0.278. The molecule has 0 aromatic heterocycles. The maximum absolute atomic E-state index is 12.6. The predicted octanol–water partition coefficient (Wildman–Crippen LogP) is 3.97. The molecule has 3 rings (SSSR count). The number of benzene rings is 2. The van der Waals surface area contributed by atoms with Crippen LogP contribution in [0.1, 0.15) is 5.56 Å². The van der Waals surface area contributed by atoms with Gasteiger partial charge in [0.05, 0.1) is 10.5 Å². The monoisotopic (exact) mass is 394 g/mol. The SMILES string of the molecule is O=C(Nc1ccc(C(F)(F)F)cc1)N1CCN(c2ccc([N+](=O)[O-])cc2)CC1. The van der Waals surface area contributed by atoms with Crippen molar-refractivity contribution in [3.05, 3.63) is 64.2 Å². The summed E-state index contributed by atoms with van der Waals surface area (Å²) in [5.74, 6) is 0. The summed E-state index contributed by atoms with van der Waals surface area (Å²) in [5, 5.41) is 13.3. The van der Waals surface area contributed by atoms with Gasteiger partial charge in [-0.25, -0.2) is 4.79 Å². The van der Waals surface area contributed by atoms with Crippen molar-refractivity contribution in [3.8, 4) is 0 Å². The molecular weight excluding hydrogens is 377 g/mol. The molecule has 7 nitrogen and oxygen atoms in total. The molecular formula is C18H17F3N4O3. The highest BCUT2D eigenvalue weighted by Crippen LogP contribution is 2.30. The number of non-ortho nitro benzene ring substituents is 1. The molecule has 28 heavy (non-hydrogen) atoms. The zero-order valence-corrected chi connectivity index (χ0v) is 14.6. The Labute approximate surface area is 158 Å². The summed E-state index contributed by atoms with van der Waals surface area (Å²) in [6.45, 7) is 1.92. The van der Waals surface area contributed by atoms with Crippen molar-refractivity contribution < 1.29 is 22.9 Å². The molecule has 148 valence electrons. The van der Waals surface area contributed by atoms with E-state index in [1.165, 1.54) is 24.3 Å². The molecule has 2 aromatic rings. The van der Waals surface area contributed by atoms with Gasteiger partial charge in [-0.1, -0.05) is 0 Å². The Kier molecular flexibility index (Phi) is 5.39. The minimum Gasteiger partial charge on any atom is -0.368 e. The normalized spacial score (nSPS) is 14.7. The van der Waals surface area contributed by atoms with Gasteiger partial charge in [-0.3, -0.25) is 10.1 Å². The molecule has 1 heterocycles. The number of nitro groups is 1. The highest BCUT2D eigenvalue weighted by Gasteiger charge is 2.30. The third kappa shape index (κ3) is 4.51. The van der Waals surface area contributed by atoms with Crippen LogP contribution in [0.15, 0.2) is 48.5 Å². The number of anilines is 2. The van der Waals surface area contributed by atoms with Crippen LogP contribution in [0.2, 0.25) is 0 Å². The van der Waals surface area contributed by atoms with E-state index < -0.39 is 16.7 Å². The lowest BCUT2D eigenvalue weighted by molar-refractivity contribution is -0.384. The molecule has 10 heteroatoms. The van der Waals surface area contributed by atoms with E-state index in [4.69, 9.17) is 0 Å². The molecule has 2 aromatic carbocycles. The van der Waals surface area contributed by atoms with Crippen molar-refractivity contribution in [1.29, 1.82) is 0 Å². The Morgan fingerprint density at radius 2 is 1.54 bits per heavy atom. The van der Waals surface area contributed by atoms with Crippen LogP contribution in [0.25, 0.3) is 0 Å². The summed E-state index contributed by atoms with van der Waals surface area (Å²) in [6.07, 6.45) is -4.42. The zero-order chi connectivity index (χ0) is 20.3. The van der Waals surface area contributed by atoms with Crippen molar-refractivity contribution in [2.45, 2.75) is 6.18 Å². The van der Waals surface area contributed by atoms with Gasteiger partial charge < -0.3 is 15.1 Å².